The van der Waals surface area contributed by atoms with Crippen molar-refractivity contribution in [2.45, 2.75) is 13.5 Å². The molecule has 0 aliphatic carbocycles. The summed E-state index contributed by atoms with van der Waals surface area (Å²) in [7, 11) is 0. The molecule has 1 amide bonds. The largest absolute Gasteiger partial charge is 0.489 e. The molecule has 0 fully saturated rings. The number of hydrogen-bond acceptors (Lipinski definition) is 3. The molecule has 0 aliphatic rings. The quantitative estimate of drug-likeness (QED) is 0.519. The van der Waals surface area contributed by atoms with Gasteiger partial charge in [-0.15, -0.1) is 0 Å². The minimum atomic E-state index is -0.267. The molecule has 0 aromatic heterocycles. The third-order valence-corrected chi connectivity index (χ3v) is 3.97. The average Bonchev–Trinajstić information content (AvgIpc) is 2.69. The molecule has 0 spiro atoms. The number of hydrogen-bond donors (Lipinski definition) is 1. The Morgan fingerprint density at radius 1 is 1.04 bits per heavy atom. The van der Waals surface area contributed by atoms with Crippen molar-refractivity contribution in [2.75, 3.05) is 0 Å². The van der Waals surface area contributed by atoms with Gasteiger partial charge in [-0.2, -0.15) is 5.10 Å². The van der Waals surface area contributed by atoms with E-state index < -0.39 is 0 Å². The first-order chi connectivity index (χ1) is 13.1. The number of nitrogens with zero attached hydrogens (tertiary/aromatic N) is 1. The number of carbonyl (C=O) groups excluding carboxylic acids is 1. The fourth-order valence-electron chi connectivity index (χ4n) is 2.45. The highest BCUT2D eigenvalue weighted by atomic mass is 19.1. The van der Waals surface area contributed by atoms with E-state index in [1.54, 1.807) is 24.4 Å². The second-order valence-corrected chi connectivity index (χ2v) is 6.00. The Morgan fingerprint density at radius 2 is 1.74 bits per heavy atom. The average molecular weight is 362 g/mol. The standard InChI is InChI=1S/C22H19FN2O2/c1-16-4-2-3-5-21(16)22(26)25-24-14-17-8-12-20(13-9-17)27-15-18-6-10-19(23)11-7-18/h2-14H,15H2,1H3,(H,25,26)/b24-14+. The second kappa shape index (κ2) is 8.76. The molecule has 136 valence electrons. The fourth-order valence-corrected chi connectivity index (χ4v) is 2.45. The highest BCUT2D eigenvalue weighted by molar-refractivity contribution is 5.96. The maximum Gasteiger partial charge on any atom is 0.271 e. The lowest BCUT2D eigenvalue weighted by Gasteiger charge is -2.06. The minimum Gasteiger partial charge on any atom is -0.489 e. The summed E-state index contributed by atoms with van der Waals surface area (Å²) in [5.74, 6) is 0.181. The van der Waals surface area contributed by atoms with Crippen molar-refractivity contribution in [2.24, 2.45) is 5.10 Å². The molecular weight excluding hydrogens is 343 g/mol. The van der Waals surface area contributed by atoms with E-state index in [2.05, 4.69) is 10.5 Å². The van der Waals surface area contributed by atoms with E-state index in [9.17, 15) is 9.18 Å². The number of benzene rings is 3. The molecule has 3 aromatic carbocycles. The Balaban J connectivity index is 1.52. The van der Waals surface area contributed by atoms with Crippen LogP contribution in [0.25, 0.3) is 0 Å². The molecule has 1 N–H and O–H groups in total. The lowest BCUT2D eigenvalue weighted by molar-refractivity contribution is 0.0954. The van der Waals surface area contributed by atoms with Gasteiger partial charge in [-0.25, -0.2) is 9.82 Å². The lowest BCUT2D eigenvalue weighted by atomic mass is 10.1. The summed E-state index contributed by atoms with van der Waals surface area (Å²) in [6.45, 7) is 2.24. The molecule has 0 radical (unpaired) electrons. The van der Waals surface area contributed by atoms with Gasteiger partial charge in [-0.05, 0) is 66.1 Å². The first-order valence-corrected chi connectivity index (χ1v) is 8.48. The first kappa shape index (κ1) is 18.3. The molecule has 0 atom stereocenters. The molecule has 0 saturated heterocycles. The summed E-state index contributed by atoms with van der Waals surface area (Å²) in [6, 6.07) is 20.8. The van der Waals surface area contributed by atoms with Crippen molar-refractivity contribution < 1.29 is 13.9 Å². The van der Waals surface area contributed by atoms with E-state index in [0.717, 1.165) is 16.7 Å². The van der Waals surface area contributed by atoms with Crippen molar-refractivity contribution in [1.82, 2.24) is 5.43 Å². The van der Waals surface area contributed by atoms with E-state index in [-0.39, 0.29) is 11.7 Å². The molecule has 4 nitrogen and oxygen atoms in total. The van der Waals surface area contributed by atoms with Crippen LogP contribution in [0.3, 0.4) is 0 Å². The van der Waals surface area contributed by atoms with E-state index in [4.69, 9.17) is 4.74 Å². The van der Waals surface area contributed by atoms with Crippen LogP contribution in [0.1, 0.15) is 27.0 Å². The van der Waals surface area contributed by atoms with Gasteiger partial charge in [0.2, 0.25) is 0 Å². The number of nitrogens with one attached hydrogen (secondary N) is 1. The minimum absolute atomic E-state index is 0.247. The normalized spacial score (nSPS) is 10.7. The Bertz CT molecular complexity index is 935. The molecule has 27 heavy (non-hydrogen) atoms. The number of carbonyl (C=O) groups is 1. The van der Waals surface area contributed by atoms with Crippen LogP contribution < -0.4 is 10.2 Å². The number of amides is 1. The predicted molar refractivity (Wildman–Crippen MR) is 103 cm³/mol. The molecule has 3 rings (SSSR count). The van der Waals surface area contributed by atoms with Crippen molar-refractivity contribution in [1.29, 1.82) is 0 Å². The highest BCUT2D eigenvalue weighted by Crippen LogP contribution is 2.14. The Labute approximate surface area is 157 Å². The van der Waals surface area contributed by atoms with E-state index in [0.29, 0.717) is 17.9 Å². The smallest absolute Gasteiger partial charge is 0.271 e. The zero-order chi connectivity index (χ0) is 19.1. The molecule has 0 heterocycles. The van der Waals surface area contributed by atoms with Gasteiger partial charge in [-0.1, -0.05) is 30.3 Å². The predicted octanol–water partition coefficient (Wildman–Crippen LogP) is 4.48. The molecule has 3 aromatic rings. The summed E-state index contributed by atoms with van der Waals surface area (Å²) >= 11 is 0. The van der Waals surface area contributed by atoms with Crippen LogP contribution in [0.4, 0.5) is 4.39 Å². The van der Waals surface area contributed by atoms with Gasteiger partial charge in [-0.3, -0.25) is 4.79 Å². The monoisotopic (exact) mass is 362 g/mol. The summed E-state index contributed by atoms with van der Waals surface area (Å²) in [5, 5.41) is 3.99. The van der Waals surface area contributed by atoms with Gasteiger partial charge in [0.15, 0.2) is 0 Å². The third-order valence-electron chi connectivity index (χ3n) is 3.97. The van der Waals surface area contributed by atoms with Crippen LogP contribution >= 0.6 is 0 Å². The zero-order valence-corrected chi connectivity index (χ0v) is 14.9. The lowest BCUT2D eigenvalue weighted by Crippen LogP contribution is -2.18. The number of hydrazone groups is 1. The van der Waals surface area contributed by atoms with Crippen LogP contribution in [0, 0.1) is 12.7 Å². The van der Waals surface area contributed by atoms with Crippen molar-refractivity contribution in [3.05, 3.63) is 101 Å². The van der Waals surface area contributed by atoms with Crippen LogP contribution in [0.2, 0.25) is 0 Å². The topological polar surface area (TPSA) is 50.7 Å². The van der Waals surface area contributed by atoms with E-state index >= 15 is 0 Å². The third kappa shape index (κ3) is 5.25. The van der Waals surface area contributed by atoms with Gasteiger partial charge in [0.25, 0.3) is 5.91 Å². The summed E-state index contributed by atoms with van der Waals surface area (Å²) in [6.07, 6.45) is 1.57. The molecular formula is C22H19FN2O2. The van der Waals surface area contributed by atoms with Crippen molar-refractivity contribution >= 4 is 12.1 Å². The zero-order valence-electron chi connectivity index (χ0n) is 14.9. The van der Waals surface area contributed by atoms with E-state index in [1.165, 1.54) is 12.1 Å². The Morgan fingerprint density at radius 3 is 2.44 bits per heavy atom. The maximum absolute atomic E-state index is 12.9. The molecule has 0 bridgehead atoms. The van der Waals surface area contributed by atoms with Crippen LogP contribution in [0.15, 0.2) is 77.9 Å². The molecule has 0 unspecified atom stereocenters. The van der Waals surface area contributed by atoms with Crippen molar-refractivity contribution in [3.8, 4) is 5.75 Å². The molecule has 0 saturated carbocycles. The Hall–Kier alpha value is -3.47. The molecule has 5 heteroatoms. The summed E-state index contributed by atoms with van der Waals surface area (Å²) < 4.78 is 18.5. The van der Waals surface area contributed by atoms with Gasteiger partial charge in [0.05, 0.1) is 6.21 Å². The van der Waals surface area contributed by atoms with Crippen LogP contribution in [-0.4, -0.2) is 12.1 Å². The van der Waals surface area contributed by atoms with Gasteiger partial charge in [0.1, 0.15) is 18.2 Å². The highest BCUT2D eigenvalue weighted by Gasteiger charge is 2.06. The first-order valence-electron chi connectivity index (χ1n) is 8.48. The Kier molecular flexibility index (Phi) is 5.94. The fraction of sp³-hybridized carbons (Fsp3) is 0.0909. The van der Waals surface area contributed by atoms with E-state index in [1.807, 2.05) is 49.4 Å². The van der Waals surface area contributed by atoms with Crippen LogP contribution in [0.5, 0.6) is 5.75 Å². The number of rotatable bonds is 6. The number of aryl methyl sites for hydroxylation is 1. The SMILES string of the molecule is Cc1ccccc1C(=O)N/N=C/c1ccc(OCc2ccc(F)cc2)cc1. The summed E-state index contributed by atoms with van der Waals surface area (Å²) in [5.41, 5.74) is 5.73. The maximum atomic E-state index is 12.9. The van der Waals surface area contributed by atoms with Crippen LogP contribution in [-0.2, 0) is 6.61 Å². The number of halogens is 1. The molecule has 0 aliphatic heterocycles. The number of ether oxygens (including phenoxy) is 1. The summed E-state index contributed by atoms with van der Waals surface area (Å²) in [4.78, 5) is 12.1. The van der Waals surface area contributed by atoms with Gasteiger partial charge >= 0.3 is 0 Å². The van der Waals surface area contributed by atoms with Crippen molar-refractivity contribution in [3.63, 3.8) is 0 Å². The van der Waals surface area contributed by atoms with Gasteiger partial charge < -0.3 is 4.74 Å². The van der Waals surface area contributed by atoms with Gasteiger partial charge in [0, 0.05) is 5.56 Å². The second-order valence-electron chi connectivity index (χ2n) is 6.00.